The summed E-state index contributed by atoms with van der Waals surface area (Å²) in [4.78, 5) is 24.1. The number of benzene rings is 1. The van der Waals surface area contributed by atoms with Crippen molar-refractivity contribution in [3.8, 4) is 0 Å². The molecule has 0 aliphatic heterocycles. The molecule has 0 radical (unpaired) electrons. The van der Waals surface area contributed by atoms with Gasteiger partial charge in [-0.3, -0.25) is 9.59 Å². The zero-order valence-corrected chi connectivity index (χ0v) is 16.0. The summed E-state index contributed by atoms with van der Waals surface area (Å²) in [5, 5.41) is 6.72. The van der Waals surface area contributed by atoms with Crippen LogP contribution in [0.15, 0.2) is 22.7 Å². The average Bonchev–Trinajstić information content (AvgIpc) is 2.91. The van der Waals surface area contributed by atoms with Gasteiger partial charge in [0.1, 0.15) is 5.76 Å². The summed E-state index contributed by atoms with van der Waals surface area (Å²) in [7, 11) is 0. The molecule has 1 aromatic carbocycles. The Bertz CT molecular complexity index is 774. The first-order valence-corrected chi connectivity index (χ1v) is 8.76. The van der Waals surface area contributed by atoms with Crippen LogP contribution in [0.4, 0.5) is 5.69 Å². The smallest absolute Gasteiger partial charge is 0.306 e. The van der Waals surface area contributed by atoms with Crippen molar-refractivity contribution in [2.24, 2.45) is 0 Å². The fraction of sp³-hybridized carbons (Fsp3) is 0.450. The third kappa shape index (κ3) is 4.94. The maximum atomic E-state index is 12.2. The van der Waals surface area contributed by atoms with E-state index in [4.69, 9.17) is 9.26 Å². The summed E-state index contributed by atoms with van der Waals surface area (Å²) in [6.45, 7) is 9.42. The van der Waals surface area contributed by atoms with Crippen molar-refractivity contribution in [1.82, 2.24) is 5.16 Å². The molecule has 0 bridgehead atoms. The summed E-state index contributed by atoms with van der Waals surface area (Å²) in [5.74, 6) is 0.220. The van der Waals surface area contributed by atoms with Crippen molar-refractivity contribution in [1.29, 1.82) is 0 Å². The number of hydrogen-bond acceptors (Lipinski definition) is 5. The molecule has 1 heterocycles. The Balaban J connectivity index is 1.86. The molecule has 2 aromatic rings. The highest BCUT2D eigenvalue weighted by molar-refractivity contribution is 5.94. The number of aromatic nitrogens is 1. The molecule has 0 spiro atoms. The summed E-state index contributed by atoms with van der Waals surface area (Å²) >= 11 is 0. The number of nitrogens with zero attached hydrogens (tertiary/aromatic N) is 1. The molecule has 0 fully saturated rings. The number of ether oxygens (including phenoxy) is 1. The molecule has 0 atom stereocenters. The predicted octanol–water partition coefficient (Wildman–Crippen LogP) is 3.84. The Kier molecular flexibility index (Phi) is 6.55. The minimum absolute atomic E-state index is 0.178. The van der Waals surface area contributed by atoms with E-state index in [-0.39, 0.29) is 24.9 Å². The van der Waals surface area contributed by atoms with E-state index in [1.165, 1.54) is 0 Å². The lowest BCUT2D eigenvalue weighted by atomic mass is 9.98. The number of esters is 1. The standard InChI is InChI=1S/C20H26N2O4/c1-12(2)16-8-6-7-13(3)20(16)21-18(23)11-25-19(24)10-9-17-14(4)22-26-15(17)5/h6-8,12H,9-11H2,1-5H3,(H,21,23). The highest BCUT2D eigenvalue weighted by Crippen LogP contribution is 2.27. The summed E-state index contributed by atoms with van der Waals surface area (Å²) in [5.41, 5.74) is 4.51. The topological polar surface area (TPSA) is 81.4 Å². The van der Waals surface area contributed by atoms with Crippen LogP contribution in [0.1, 0.15) is 54.3 Å². The molecular weight excluding hydrogens is 332 g/mol. The normalized spacial score (nSPS) is 10.8. The predicted molar refractivity (Wildman–Crippen MR) is 99.2 cm³/mol. The van der Waals surface area contributed by atoms with E-state index in [9.17, 15) is 9.59 Å². The van der Waals surface area contributed by atoms with Crippen molar-refractivity contribution in [3.05, 3.63) is 46.3 Å². The van der Waals surface area contributed by atoms with Crippen LogP contribution in [0.25, 0.3) is 0 Å². The van der Waals surface area contributed by atoms with Crippen LogP contribution in [0.2, 0.25) is 0 Å². The minimum atomic E-state index is -0.422. The Morgan fingerprint density at radius 1 is 1.23 bits per heavy atom. The highest BCUT2D eigenvalue weighted by atomic mass is 16.5. The van der Waals surface area contributed by atoms with Crippen molar-refractivity contribution < 1.29 is 18.8 Å². The molecule has 0 aliphatic carbocycles. The summed E-state index contributed by atoms with van der Waals surface area (Å²) < 4.78 is 10.2. The molecule has 1 amide bonds. The van der Waals surface area contributed by atoms with Gasteiger partial charge in [0.05, 0.1) is 5.69 Å². The third-order valence-corrected chi connectivity index (χ3v) is 4.32. The van der Waals surface area contributed by atoms with Crippen molar-refractivity contribution in [2.75, 3.05) is 11.9 Å². The van der Waals surface area contributed by atoms with Gasteiger partial charge in [-0.15, -0.1) is 0 Å². The number of nitrogens with one attached hydrogen (secondary N) is 1. The molecule has 140 valence electrons. The molecule has 0 saturated heterocycles. The maximum absolute atomic E-state index is 12.2. The van der Waals surface area contributed by atoms with Gasteiger partial charge in [0.15, 0.2) is 6.61 Å². The number of rotatable bonds is 7. The number of amides is 1. The fourth-order valence-corrected chi connectivity index (χ4v) is 2.82. The highest BCUT2D eigenvalue weighted by Gasteiger charge is 2.15. The largest absolute Gasteiger partial charge is 0.456 e. The van der Waals surface area contributed by atoms with Crippen LogP contribution in [0.3, 0.4) is 0 Å². The zero-order chi connectivity index (χ0) is 19.3. The molecule has 1 aromatic heterocycles. The average molecular weight is 358 g/mol. The number of para-hydroxylation sites is 1. The van der Waals surface area contributed by atoms with Crippen molar-refractivity contribution >= 4 is 17.6 Å². The number of anilines is 1. The maximum Gasteiger partial charge on any atom is 0.306 e. The Hall–Kier alpha value is -2.63. The van der Waals surface area contributed by atoms with Crippen molar-refractivity contribution in [2.45, 2.75) is 53.4 Å². The minimum Gasteiger partial charge on any atom is -0.456 e. The van der Waals surface area contributed by atoms with Crippen LogP contribution in [-0.4, -0.2) is 23.6 Å². The van der Waals surface area contributed by atoms with E-state index in [1.54, 1.807) is 0 Å². The zero-order valence-electron chi connectivity index (χ0n) is 16.0. The van der Waals surface area contributed by atoms with Gasteiger partial charge in [-0.25, -0.2) is 0 Å². The second kappa shape index (κ2) is 8.65. The molecule has 1 N–H and O–H groups in total. The fourth-order valence-electron chi connectivity index (χ4n) is 2.82. The first-order valence-electron chi connectivity index (χ1n) is 8.76. The van der Waals surface area contributed by atoms with Gasteiger partial charge in [0.2, 0.25) is 0 Å². The molecule has 0 saturated carbocycles. The Labute approximate surface area is 153 Å². The number of carbonyl (C=O) groups excluding carboxylic acids is 2. The summed E-state index contributed by atoms with van der Waals surface area (Å²) in [6, 6.07) is 5.90. The van der Waals surface area contributed by atoms with E-state index >= 15 is 0 Å². The number of carbonyl (C=O) groups is 2. The monoisotopic (exact) mass is 358 g/mol. The van der Waals surface area contributed by atoms with Crippen molar-refractivity contribution in [3.63, 3.8) is 0 Å². The summed E-state index contributed by atoms with van der Waals surface area (Å²) in [6.07, 6.45) is 0.661. The van der Waals surface area contributed by atoms with E-state index < -0.39 is 5.97 Å². The molecule has 6 nitrogen and oxygen atoms in total. The van der Waals surface area contributed by atoms with Gasteiger partial charge < -0.3 is 14.6 Å². The lowest BCUT2D eigenvalue weighted by molar-refractivity contribution is -0.147. The lowest BCUT2D eigenvalue weighted by Gasteiger charge is -2.16. The molecular formula is C20H26N2O4. The molecule has 2 rings (SSSR count). The second-order valence-corrected chi connectivity index (χ2v) is 6.71. The van der Waals surface area contributed by atoms with Gasteiger partial charge >= 0.3 is 5.97 Å². The second-order valence-electron chi connectivity index (χ2n) is 6.71. The van der Waals surface area contributed by atoms with Crippen LogP contribution in [-0.2, 0) is 20.7 Å². The molecule has 0 aliphatic rings. The number of aryl methyl sites for hydroxylation is 3. The van der Waals surface area contributed by atoms with Gasteiger partial charge in [-0.2, -0.15) is 0 Å². The number of hydrogen-bond donors (Lipinski definition) is 1. The molecule has 26 heavy (non-hydrogen) atoms. The van der Waals surface area contributed by atoms with E-state index in [1.807, 2.05) is 39.0 Å². The third-order valence-electron chi connectivity index (χ3n) is 4.32. The van der Waals surface area contributed by atoms with E-state index in [0.717, 1.165) is 28.1 Å². The van der Waals surface area contributed by atoms with Crippen LogP contribution >= 0.6 is 0 Å². The first-order chi connectivity index (χ1) is 12.3. The Morgan fingerprint density at radius 2 is 1.96 bits per heavy atom. The Morgan fingerprint density at radius 3 is 2.58 bits per heavy atom. The van der Waals surface area contributed by atoms with Gasteiger partial charge in [-0.1, -0.05) is 37.2 Å². The van der Waals surface area contributed by atoms with E-state index in [2.05, 4.69) is 24.3 Å². The van der Waals surface area contributed by atoms with Crippen LogP contribution in [0.5, 0.6) is 0 Å². The van der Waals surface area contributed by atoms with Crippen LogP contribution < -0.4 is 5.32 Å². The SMILES string of the molecule is Cc1cccc(C(C)C)c1NC(=O)COC(=O)CCc1c(C)noc1C. The molecule has 6 heteroatoms. The van der Waals surface area contributed by atoms with Gasteiger partial charge in [-0.05, 0) is 44.2 Å². The van der Waals surface area contributed by atoms with Crippen LogP contribution in [0, 0.1) is 20.8 Å². The molecule has 0 unspecified atom stereocenters. The quantitative estimate of drug-likeness (QED) is 0.761. The van der Waals surface area contributed by atoms with E-state index in [0.29, 0.717) is 12.2 Å². The van der Waals surface area contributed by atoms with Gasteiger partial charge in [0.25, 0.3) is 5.91 Å². The van der Waals surface area contributed by atoms with Gasteiger partial charge in [0, 0.05) is 17.7 Å². The lowest BCUT2D eigenvalue weighted by Crippen LogP contribution is -2.22. The first kappa shape index (κ1) is 19.7.